The summed E-state index contributed by atoms with van der Waals surface area (Å²) in [5.41, 5.74) is 1.99. The summed E-state index contributed by atoms with van der Waals surface area (Å²) < 4.78 is 5.07. The molecule has 16 heavy (non-hydrogen) atoms. The standard InChI is InChI=1S/C12H15NO3/c1-9-2-4-10(5-3-9)13-7-6-11(8-14)16-12(13)15/h2-5,11,14H,6-8H2,1H3. The van der Waals surface area contributed by atoms with Crippen LogP contribution in [0.1, 0.15) is 12.0 Å². The molecule has 1 saturated heterocycles. The van der Waals surface area contributed by atoms with Crippen molar-refractivity contribution in [3.8, 4) is 0 Å². The van der Waals surface area contributed by atoms with Crippen LogP contribution < -0.4 is 4.90 Å². The molecule has 4 heteroatoms. The SMILES string of the molecule is Cc1ccc(N2CCC(CO)OC2=O)cc1. The van der Waals surface area contributed by atoms with Gasteiger partial charge < -0.3 is 9.84 Å². The van der Waals surface area contributed by atoms with E-state index in [9.17, 15) is 4.79 Å². The number of anilines is 1. The molecule has 1 aliphatic heterocycles. The van der Waals surface area contributed by atoms with Crippen LogP contribution in [0.2, 0.25) is 0 Å². The lowest BCUT2D eigenvalue weighted by molar-refractivity contribution is 0.0453. The lowest BCUT2D eigenvalue weighted by atomic mass is 10.2. The second-order valence-electron chi connectivity index (χ2n) is 3.96. The lowest BCUT2D eigenvalue weighted by Crippen LogP contribution is -2.43. The monoisotopic (exact) mass is 221 g/mol. The number of aryl methyl sites for hydroxylation is 1. The zero-order chi connectivity index (χ0) is 11.5. The number of nitrogens with zero attached hydrogens (tertiary/aromatic N) is 1. The summed E-state index contributed by atoms with van der Waals surface area (Å²) in [6, 6.07) is 7.72. The highest BCUT2D eigenvalue weighted by atomic mass is 16.6. The third kappa shape index (κ3) is 2.17. The number of amides is 1. The van der Waals surface area contributed by atoms with Gasteiger partial charge in [-0.1, -0.05) is 17.7 Å². The highest BCUT2D eigenvalue weighted by Crippen LogP contribution is 2.21. The van der Waals surface area contributed by atoms with Gasteiger partial charge in [0.2, 0.25) is 0 Å². The molecule has 1 aromatic carbocycles. The smallest absolute Gasteiger partial charge is 0.414 e. The van der Waals surface area contributed by atoms with E-state index in [1.165, 1.54) is 0 Å². The predicted octanol–water partition coefficient (Wildman–Crippen LogP) is 1.70. The molecule has 86 valence electrons. The number of hydrogen-bond acceptors (Lipinski definition) is 3. The number of carbonyl (C=O) groups is 1. The molecule has 1 unspecified atom stereocenters. The fourth-order valence-corrected chi connectivity index (χ4v) is 1.72. The van der Waals surface area contributed by atoms with Crippen LogP contribution in [0.15, 0.2) is 24.3 Å². The van der Waals surface area contributed by atoms with Gasteiger partial charge in [-0.05, 0) is 19.1 Å². The molecule has 1 fully saturated rings. The number of benzene rings is 1. The number of carbonyl (C=O) groups excluding carboxylic acids is 1. The van der Waals surface area contributed by atoms with Gasteiger partial charge in [0.25, 0.3) is 0 Å². The first-order valence-corrected chi connectivity index (χ1v) is 5.36. The van der Waals surface area contributed by atoms with Gasteiger partial charge in [0, 0.05) is 18.7 Å². The number of hydrogen-bond donors (Lipinski definition) is 1. The van der Waals surface area contributed by atoms with Gasteiger partial charge in [0.15, 0.2) is 0 Å². The number of cyclic esters (lactones) is 1. The van der Waals surface area contributed by atoms with E-state index >= 15 is 0 Å². The van der Waals surface area contributed by atoms with Crippen molar-refractivity contribution in [2.24, 2.45) is 0 Å². The van der Waals surface area contributed by atoms with Crippen molar-refractivity contribution in [1.82, 2.24) is 0 Å². The molecule has 4 nitrogen and oxygen atoms in total. The van der Waals surface area contributed by atoms with Gasteiger partial charge in [-0.2, -0.15) is 0 Å². The summed E-state index contributed by atoms with van der Waals surface area (Å²) in [6.07, 6.45) is -0.0702. The van der Waals surface area contributed by atoms with Gasteiger partial charge in [-0.25, -0.2) is 4.79 Å². The van der Waals surface area contributed by atoms with Crippen molar-refractivity contribution >= 4 is 11.8 Å². The zero-order valence-electron chi connectivity index (χ0n) is 9.22. The van der Waals surface area contributed by atoms with Gasteiger partial charge >= 0.3 is 6.09 Å². The van der Waals surface area contributed by atoms with Crippen molar-refractivity contribution in [1.29, 1.82) is 0 Å². The molecule has 1 heterocycles. The molecular weight excluding hydrogens is 206 g/mol. The molecule has 0 aliphatic carbocycles. The van der Waals surface area contributed by atoms with Crippen molar-refractivity contribution in [3.05, 3.63) is 29.8 Å². The Morgan fingerprint density at radius 1 is 1.44 bits per heavy atom. The van der Waals surface area contributed by atoms with Crippen LogP contribution in [0, 0.1) is 6.92 Å². The summed E-state index contributed by atoms with van der Waals surface area (Å²) in [4.78, 5) is 13.2. The van der Waals surface area contributed by atoms with Crippen LogP contribution in [0.25, 0.3) is 0 Å². The van der Waals surface area contributed by atoms with Crippen molar-refractivity contribution in [2.75, 3.05) is 18.1 Å². The molecule has 1 N–H and O–H groups in total. The fraction of sp³-hybridized carbons (Fsp3) is 0.417. The molecule has 0 aromatic heterocycles. The first-order chi connectivity index (χ1) is 7.70. The zero-order valence-corrected chi connectivity index (χ0v) is 9.22. The molecule has 0 spiro atoms. The van der Waals surface area contributed by atoms with Crippen LogP contribution in [-0.4, -0.2) is 30.5 Å². The predicted molar refractivity (Wildman–Crippen MR) is 60.5 cm³/mol. The van der Waals surface area contributed by atoms with Crippen LogP contribution in [0.3, 0.4) is 0 Å². The summed E-state index contributed by atoms with van der Waals surface area (Å²) >= 11 is 0. The normalized spacial score (nSPS) is 20.8. The maximum atomic E-state index is 11.6. The average Bonchev–Trinajstić information content (AvgIpc) is 2.30. The van der Waals surface area contributed by atoms with E-state index < -0.39 is 0 Å². The Bertz CT molecular complexity index is 374. The minimum atomic E-state index is -0.380. The third-order valence-corrected chi connectivity index (χ3v) is 2.71. The Labute approximate surface area is 94.4 Å². The summed E-state index contributed by atoms with van der Waals surface area (Å²) in [5.74, 6) is 0. The Morgan fingerprint density at radius 3 is 2.69 bits per heavy atom. The number of ether oxygens (including phenoxy) is 1. The summed E-state index contributed by atoms with van der Waals surface area (Å²) in [7, 11) is 0. The lowest BCUT2D eigenvalue weighted by Gasteiger charge is -2.30. The molecular formula is C12H15NO3. The summed E-state index contributed by atoms with van der Waals surface area (Å²) in [5, 5.41) is 8.91. The topological polar surface area (TPSA) is 49.8 Å². The second-order valence-corrected chi connectivity index (χ2v) is 3.96. The average molecular weight is 221 g/mol. The second kappa shape index (κ2) is 4.53. The number of aliphatic hydroxyl groups is 1. The molecule has 0 radical (unpaired) electrons. The van der Waals surface area contributed by atoms with Crippen LogP contribution in [-0.2, 0) is 4.74 Å². The minimum Gasteiger partial charge on any atom is -0.443 e. The van der Waals surface area contributed by atoms with E-state index in [0.29, 0.717) is 13.0 Å². The minimum absolute atomic E-state index is 0.104. The molecule has 1 aliphatic rings. The molecule has 1 aromatic rings. The Kier molecular flexibility index (Phi) is 3.10. The first-order valence-electron chi connectivity index (χ1n) is 5.36. The molecule has 1 atom stereocenters. The maximum Gasteiger partial charge on any atom is 0.414 e. The van der Waals surface area contributed by atoms with Gasteiger partial charge in [-0.15, -0.1) is 0 Å². The van der Waals surface area contributed by atoms with Crippen molar-refractivity contribution in [2.45, 2.75) is 19.4 Å². The molecule has 0 bridgehead atoms. The van der Waals surface area contributed by atoms with Gasteiger partial charge in [-0.3, -0.25) is 4.90 Å². The Morgan fingerprint density at radius 2 is 2.12 bits per heavy atom. The highest BCUT2D eigenvalue weighted by Gasteiger charge is 2.27. The Balaban J connectivity index is 2.11. The molecule has 2 rings (SSSR count). The van der Waals surface area contributed by atoms with Crippen LogP contribution in [0.5, 0.6) is 0 Å². The van der Waals surface area contributed by atoms with Crippen LogP contribution in [0.4, 0.5) is 10.5 Å². The van der Waals surface area contributed by atoms with E-state index in [1.807, 2.05) is 31.2 Å². The largest absolute Gasteiger partial charge is 0.443 e. The van der Waals surface area contributed by atoms with E-state index in [4.69, 9.17) is 9.84 Å². The number of aliphatic hydroxyl groups excluding tert-OH is 1. The van der Waals surface area contributed by atoms with Gasteiger partial charge in [0.1, 0.15) is 6.10 Å². The molecule has 0 saturated carbocycles. The number of rotatable bonds is 2. The maximum absolute atomic E-state index is 11.6. The van der Waals surface area contributed by atoms with E-state index in [2.05, 4.69) is 0 Å². The third-order valence-electron chi connectivity index (χ3n) is 2.71. The Hall–Kier alpha value is -1.55. The van der Waals surface area contributed by atoms with Crippen molar-refractivity contribution < 1.29 is 14.6 Å². The van der Waals surface area contributed by atoms with Crippen molar-refractivity contribution in [3.63, 3.8) is 0 Å². The molecule has 1 amide bonds. The van der Waals surface area contributed by atoms with E-state index in [1.54, 1.807) is 4.90 Å². The first kappa shape index (κ1) is 11.0. The van der Waals surface area contributed by atoms with Gasteiger partial charge in [0.05, 0.1) is 6.61 Å². The quantitative estimate of drug-likeness (QED) is 0.827. The van der Waals surface area contributed by atoms with Crippen LogP contribution >= 0.6 is 0 Å². The highest BCUT2D eigenvalue weighted by molar-refractivity contribution is 5.88. The van der Waals surface area contributed by atoms with E-state index in [-0.39, 0.29) is 18.8 Å². The summed E-state index contributed by atoms with van der Waals surface area (Å²) in [6.45, 7) is 2.49. The van der Waals surface area contributed by atoms with E-state index in [0.717, 1.165) is 11.3 Å². The fourth-order valence-electron chi connectivity index (χ4n) is 1.72.